The normalized spacial score (nSPS) is 18.8. The predicted molar refractivity (Wildman–Crippen MR) is 171 cm³/mol. The van der Waals surface area contributed by atoms with Gasteiger partial charge in [0.25, 0.3) is 0 Å². The summed E-state index contributed by atoms with van der Waals surface area (Å²) < 4.78 is 2.50. The van der Waals surface area contributed by atoms with E-state index in [1.807, 2.05) is 0 Å². The Morgan fingerprint density at radius 3 is 1.98 bits per heavy atom. The fourth-order valence-electron chi connectivity index (χ4n) is 6.67. The van der Waals surface area contributed by atoms with E-state index in [-0.39, 0.29) is 16.9 Å². The number of hydrogen-bond donors (Lipinski definition) is 0. The Hall–Kier alpha value is -4.04. The summed E-state index contributed by atoms with van der Waals surface area (Å²) in [5.74, 6) is 0.297. The first kappa shape index (κ1) is 25.0. The average Bonchev–Trinajstić information content (AvgIpc) is 3.45. The molecule has 2 aliphatic rings. The molecule has 1 aliphatic carbocycles. The van der Waals surface area contributed by atoms with Crippen LogP contribution < -0.4 is 4.90 Å². The molecule has 2 nitrogen and oxygen atoms in total. The second kappa shape index (κ2) is 8.73. The number of nitrogens with zero attached hydrogens (tertiary/aromatic N) is 2. The van der Waals surface area contributed by atoms with Gasteiger partial charge >= 0.3 is 0 Å². The largest absolute Gasteiger partial charge is 0.332 e. The summed E-state index contributed by atoms with van der Waals surface area (Å²) >= 11 is 0. The molecule has 0 radical (unpaired) electrons. The molecule has 40 heavy (non-hydrogen) atoms. The van der Waals surface area contributed by atoms with Gasteiger partial charge in [-0.15, -0.1) is 0 Å². The van der Waals surface area contributed by atoms with Crippen molar-refractivity contribution in [2.75, 3.05) is 4.90 Å². The number of hydrogen-bond acceptors (Lipinski definition) is 1. The second-order valence-corrected chi connectivity index (χ2v) is 13.5. The molecule has 1 aromatic heterocycles. The molecule has 7 rings (SSSR count). The van der Waals surface area contributed by atoms with Crippen molar-refractivity contribution >= 4 is 33.2 Å². The monoisotopic (exact) mass is 522 g/mol. The first-order chi connectivity index (χ1) is 19.1. The maximum atomic E-state index is 2.60. The van der Waals surface area contributed by atoms with E-state index >= 15 is 0 Å². The van der Waals surface area contributed by atoms with Crippen LogP contribution in [0.4, 0.5) is 11.4 Å². The maximum absolute atomic E-state index is 2.60. The van der Waals surface area contributed by atoms with Gasteiger partial charge in [-0.1, -0.05) is 114 Å². The lowest BCUT2D eigenvalue weighted by Crippen LogP contribution is -2.30. The molecule has 200 valence electrons. The fourth-order valence-corrected chi connectivity index (χ4v) is 6.67. The van der Waals surface area contributed by atoms with Crippen molar-refractivity contribution in [3.05, 3.63) is 126 Å². The zero-order valence-electron chi connectivity index (χ0n) is 24.4. The lowest BCUT2D eigenvalue weighted by molar-refractivity contribution is 0.507. The van der Waals surface area contributed by atoms with Gasteiger partial charge < -0.3 is 9.47 Å². The molecule has 2 atom stereocenters. The van der Waals surface area contributed by atoms with Crippen molar-refractivity contribution in [2.24, 2.45) is 5.41 Å². The van der Waals surface area contributed by atoms with Gasteiger partial charge in [0, 0.05) is 28.1 Å². The van der Waals surface area contributed by atoms with Crippen LogP contribution in [0.2, 0.25) is 0 Å². The minimum atomic E-state index is 0.0794. The van der Waals surface area contributed by atoms with Crippen molar-refractivity contribution in [1.82, 2.24) is 4.57 Å². The van der Waals surface area contributed by atoms with Crippen molar-refractivity contribution in [1.29, 1.82) is 0 Å². The number of fused-ring (bicyclic) bond motifs is 7. The standard InChI is InChI=1S/C38H38N2/c1-37(2,3)25-17-21-33-31(23-25)29-19-20-30-32-24-26(38(4,5)6)18-22-34(32)40(28-15-11-8-12-16-28)36(30)35(29)39(33)27-13-9-7-10-14-27/h7-24,31,33H,1-6H3. The molecule has 2 heterocycles. The van der Waals surface area contributed by atoms with Crippen LogP contribution in [0.25, 0.3) is 27.5 Å². The van der Waals surface area contributed by atoms with Crippen molar-refractivity contribution in [3.8, 4) is 5.69 Å². The lowest BCUT2D eigenvalue weighted by atomic mass is 9.78. The third-order valence-corrected chi connectivity index (χ3v) is 8.81. The van der Waals surface area contributed by atoms with Gasteiger partial charge in [0.05, 0.1) is 22.8 Å². The van der Waals surface area contributed by atoms with E-state index in [9.17, 15) is 0 Å². The van der Waals surface area contributed by atoms with Crippen LogP contribution in [-0.2, 0) is 5.41 Å². The van der Waals surface area contributed by atoms with E-state index in [0.717, 1.165) is 0 Å². The molecular weight excluding hydrogens is 484 g/mol. The van der Waals surface area contributed by atoms with Gasteiger partial charge in [0.1, 0.15) is 0 Å². The summed E-state index contributed by atoms with van der Waals surface area (Å²) in [5, 5.41) is 2.63. The Labute approximate surface area is 238 Å². The third-order valence-electron chi connectivity index (χ3n) is 8.81. The number of aromatic nitrogens is 1. The number of benzene rings is 4. The molecular formula is C38H38N2. The molecule has 1 aliphatic heterocycles. The number of para-hydroxylation sites is 2. The van der Waals surface area contributed by atoms with Crippen LogP contribution in [0.5, 0.6) is 0 Å². The van der Waals surface area contributed by atoms with Crippen LogP contribution in [0.15, 0.2) is 115 Å². The Morgan fingerprint density at radius 2 is 1.32 bits per heavy atom. The second-order valence-electron chi connectivity index (χ2n) is 13.5. The molecule has 5 aromatic rings. The van der Waals surface area contributed by atoms with E-state index in [2.05, 4.69) is 160 Å². The van der Waals surface area contributed by atoms with E-state index < -0.39 is 0 Å². The van der Waals surface area contributed by atoms with Crippen LogP contribution >= 0.6 is 0 Å². The van der Waals surface area contributed by atoms with E-state index in [0.29, 0.717) is 5.92 Å². The highest BCUT2D eigenvalue weighted by molar-refractivity contribution is 6.15. The molecule has 0 spiro atoms. The molecule has 0 amide bonds. The van der Waals surface area contributed by atoms with Crippen LogP contribution in [0.1, 0.15) is 58.6 Å². The van der Waals surface area contributed by atoms with Gasteiger partial charge in [0.15, 0.2) is 0 Å². The average molecular weight is 523 g/mol. The van der Waals surface area contributed by atoms with Crippen LogP contribution in [0.3, 0.4) is 0 Å². The molecule has 0 bridgehead atoms. The molecule has 0 saturated carbocycles. The third kappa shape index (κ3) is 3.77. The highest BCUT2D eigenvalue weighted by atomic mass is 15.2. The summed E-state index contributed by atoms with van der Waals surface area (Å²) in [6.07, 6.45) is 7.34. The molecule has 2 heteroatoms. The Kier molecular flexibility index (Phi) is 5.45. The SMILES string of the molecule is CC(C)(C)C1=CC2c3ccc4c5cc(C(C)(C)C)ccc5n(-c5ccccc5)c4c3N(c3ccccc3)C2C=C1. The van der Waals surface area contributed by atoms with Gasteiger partial charge in [0.2, 0.25) is 0 Å². The van der Waals surface area contributed by atoms with Crippen molar-refractivity contribution < 1.29 is 0 Å². The quantitative estimate of drug-likeness (QED) is 0.224. The summed E-state index contributed by atoms with van der Waals surface area (Å²) in [6, 6.07) is 33.9. The summed E-state index contributed by atoms with van der Waals surface area (Å²) in [6.45, 7) is 13.9. The van der Waals surface area contributed by atoms with Gasteiger partial charge in [-0.05, 0) is 63.9 Å². The minimum Gasteiger partial charge on any atom is -0.332 e. The summed E-state index contributed by atoms with van der Waals surface area (Å²) in [4.78, 5) is 2.60. The van der Waals surface area contributed by atoms with Gasteiger partial charge in [-0.25, -0.2) is 0 Å². The Balaban J connectivity index is 1.61. The number of anilines is 2. The fraction of sp³-hybridized carbons (Fsp3) is 0.263. The topological polar surface area (TPSA) is 8.17 Å². The van der Waals surface area contributed by atoms with E-state index in [1.54, 1.807) is 0 Å². The van der Waals surface area contributed by atoms with Crippen LogP contribution in [-0.4, -0.2) is 10.6 Å². The van der Waals surface area contributed by atoms with E-state index in [4.69, 9.17) is 0 Å². The van der Waals surface area contributed by atoms with Crippen LogP contribution in [0, 0.1) is 5.41 Å². The molecule has 2 unspecified atom stereocenters. The zero-order valence-corrected chi connectivity index (χ0v) is 24.4. The number of rotatable bonds is 2. The molecule has 4 aromatic carbocycles. The highest BCUT2D eigenvalue weighted by Crippen LogP contribution is 2.54. The van der Waals surface area contributed by atoms with Gasteiger partial charge in [-0.3, -0.25) is 0 Å². The molecule has 0 fully saturated rings. The first-order valence-corrected chi connectivity index (χ1v) is 14.5. The minimum absolute atomic E-state index is 0.0794. The van der Waals surface area contributed by atoms with Gasteiger partial charge in [-0.2, -0.15) is 0 Å². The Bertz CT molecular complexity index is 1810. The zero-order chi connectivity index (χ0) is 27.8. The van der Waals surface area contributed by atoms with Crippen molar-refractivity contribution in [2.45, 2.75) is 58.9 Å². The van der Waals surface area contributed by atoms with Crippen molar-refractivity contribution in [3.63, 3.8) is 0 Å². The first-order valence-electron chi connectivity index (χ1n) is 14.5. The highest BCUT2D eigenvalue weighted by Gasteiger charge is 2.41. The smallest absolute Gasteiger partial charge is 0.0782 e. The molecule has 0 saturated heterocycles. The predicted octanol–water partition coefficient (Wildman–Crippen LogP) is 10.2. The number of allylic oxidation sites excluding steroid dienone is 2. The summed E-state index contributed by atoms with van der Waals surface area (Å²) in [7, 11) is 0. The summed E-state index contributed by atoms with van der Waals surface area (Å²) in [5.41, 5.74) is 10.7. The molecule has 0 N–H and O–H groups in total. The van der Waals surface area contributed by atoms with E-state index in [1.165, 1.54) is 55.6 Å². The maximum Gasteiger partial charge on any atom is 0.0782 e. The lowest BCUT2D eigenvalue weighted by Gasteiger charge is -2.32. The Morgan fingerprint density at radius 1 is 0.650 bits per heavy atom.